The van der Waals surface area contributed by atoms with E-state index in [1.54, 1.807) is 17.6 Å². The van der Waals surface area contributed by atoms with Gasteiger partial charge in [0.1, 0.15) is 0 Å². The van der Waals surface area contributed by atoms with Gasteiger partial charge >= 0.3 is 12.4 Å². The Morgan fingerprint density at radius 2 is 1.31 bits per heavy atom. The average Bonchev–Trinajstić information content (AvgIpc) is 3.35. The second-order valence-electron chi connectivity index (χ2n) is 8.48. The minimum Gasteiger partial charge on any atom is -0.313 e. The number of nitrogens with zero attached hydrogens (tertiary/aromatic N) is 3. The molecule has 2 heterocycles. The minimum absolute atomic E-state index is 0.0880. The predicted octanol–water partition coefficient (Wildman–Crippen LogP) is 7.71. The number of para-hydroxylation sites is 3. The normalized spacial score (nSPS) is 13.6. The molecule has 5 rings (SSSR count). The molecule has 9 heteroatoms. The first-order valence-electron chi connectivity index (χ1n) is 10.8. The van der Waals surface area contributed by atoms with Crippen molar-refractivity contribution in [1.82, 2.24) is 14.1 Å². The van der Waals surface area contributed by atoms with Crippen LogP contribution >= 0.6 is 0 Å². The lowest BCUT2D eigenvalue weighted by Crippen LogP contribution is -2.14. The summed E-state index contributed by atoms with van der Waals surface area (Å²) in [6.45, 7) is 1.60. The van der Waals surface area contributed by atoms with E-state index in [9.17, 15) is 26.3 Å². The van der Waals surface area contributed by atoms with Gasteiger partial charge in [0.25, 0.3) is 0 Å². The Kier molecular flexibility index (Phi) is 5.19. The molecule has 0 radical (unpaired) electrons. The Balaban J connectivity index is 1.76. The van der Waals surface area contributed by atoms with Gasteiger partial charge in [-0.25, -0.2) is 4.98 Å². The van der Waals surface area contributed by atoms with Gasteiger partial charge in [0.15, 0.2) is 0 Å². The average molecular weight is 487 g/mol. The Morgan fingerprint density at radius 3 is 1.91 bits per heavy atom. The van der Waals surface area contributed by atoms with E-state index < -0.39 is 29.4 Å². The molecular weight excluding hydrogens is 468 g/mol. The molecule has 3 nitrogen and oxygen atoms in total. The van der Waals surface area contributed by atoms with Gasteiger partial charge in [-0.1, -0.05) is 37.3 Å². The SMILES string of the molecule is CC(c1cc(C(F)(F)F)cc(C(F)(F)F)c1)c1cc2ccccc2n1-c1nc2ccccc2n1C. The van der Waals surface area contributed by atoms with Crippen molar-refractivity contribution in [3.05, 3.63) is 95.2 Å². The second kappa shape index (κ2) is 7.90. The first-order valence-corrected chi connectivity index (χ1v) is 10.8. The summed E-state index contributed by atoms with van der Waals surface area (Å²) in [5, 5.41) is 0.796. The van der Waals surface area contributed by atoms with E-state index in [4.69, 9.17) is 4.98 Å². The zero-order valence-electron chi connectivity index (χ0n) is 18.6. The molecule has 5 aromatic rings. The van der Waals surface area contributed by atoms with Crippen LogP contribution in [-0.4, -0.2) is 14.1 Å². The number of hydrogen-bond acceptors (Lipinski definition) is 1. The lowest BCUT2D eigenvalue weighted by Gasteiger charge is -2.20. The standard InChI is InChI=1S/C26H19F6N3/c1-15(17-11-18(25(27,28)29)14-19(12-17)26(30,31)32)23-13-16-7-3-5-9-21(16)35(23)24-33-20-8-4-6-10-22(20)34(24)2/h3-15H,1-2H3. The quantitative estimate of drug-likeness (QED) is 0.239. The topological polar surface area (TPSA) is 22.8 Å². The smallest absolute Gasteiger partial charge is 0.313 e. The van der Waals surface area contributed by atoms with Gasteiger partial charge in [-0.3, -0.25) is 4.57 Å². The molecule has 180 valence electrons. The lowest BCUT2D eigenvalue weighted by molar-refractivity contribution is -0.143. The van der Waals surface area contributed by atoms with Crippen molar-refractivity contribution >= 4 is 21.9 Å². The Labute approximate surface area is 196 Å². The highest BCUT2D eigenvalue weighted by atomic mass is 19.4. The monoisotopic (exact) mass is 487 g/mol. The first kappa shape index (κ1) is 23.0. The van der Waals surface area contributed by atoms with Crippen molar-refractivity contribution in [1.29, 1.82) is 0 Å². The molecule has 1 atom stereocenters. The summed E-state index contributed by atoms with van der Waals surface area (Å²) < 4.78 is 84.6. The van der Waals surface area contributed by atoms with E-state index >= 15 is 0 Å². The van der Waals surface area contributed by atoms with Crippen LogP contribution in [0.3, 0.4) is 0 Å². The number of aryl methyl sites for hydroxylation is 1. The third kappa shape index (κ3) is 3.94. The van der Waals surface area contributed by atoms with Crippen molar-refractivity contribution in [3.8, 4) is 5.95 Å². The summed E-state index contributed by atoms with van der Waals surface area (Å²) in [6.07, 6.45) is -9.83. The summed E-state index contributed by atoms with van der Waals surface area (Å²) >= 11 is 0. The number of alkyl halides is 6. The van der Waals surface area contributed by atoms with Gasteiger partial charge in [-0.05, 0) is 48.0 Å². The fourth-order valence-electron chi connectivity index (χ4n) is 4.45. The van der Waals surface area contributed by atoms with Crippen LogP contribution in [0.4, 0.5) is 26.3 Å². The molecular formula is C26H19F6N3. The van der Waals surface area contributed by atoms with E-state index in [1.165, 1.54) is 0 Å². The summed E-state index contributed by atoms with van der Waals surface area (Å²) in [5.41, 5.74) is 0.0825. The number of imidazole rings is 1. The molecule has 0 saturated carbocycles. The van der Waals surface area contributed by atoms with Gasteiger partial charge < -0.3 is 4.57 Å². The van der Waals surface area contributed by atoms with Crippen LogP contribution < -0.4 is 0 Å². The van der Waals surface area contributed by atoms with E-state index in [1.807, 2.05) is 60.1 Å². The predicted molar refractivity (Wildman–Crippen MR) is 122 cm³/mol. The van der Waals surface area contributed by atoms with Crippen molar-refractivity contribution < 1.29 is 26.3 Å². The van der Waals surface area contributed by atoms with Crippen molar-refractivity contribution in [2.45, 2.75) is 25.2 Å². The Morgan fingerprint density at radius 1 is 0.743 bits per heavy atom. The molecule has 0 N–H and O–H groups in total. The van der Waals surface area contributed by atoms with Gasteiger partial charge in [-0.15, -0.1) is 0 Å². The molecule has 0 spiro atoms. The molecule has 0 fully saturated rings. The molecule has 1 unspecified atom stereocenters. The highest BCUT2D eigenvalue weighted by molar-refractivity contribution is 5.85. The van der Waals surface area contributed by atoms with E-state index in [2.05, 4.69) is 0 Å². The maximum Gasteiger partial charge on any atom is 0.416 e. The van der Waals surface area contributed by atoms with Gasteiger partial charge in [0, 0.05) is 24.0 Å². The summed E-state index contributed by atoms with van der Waals surface area (Å²) in [7, 11) is 1.82. The molecule has 0 saturated heterocycles. The third-order valence-electron chi connectivity index (χ3n) is 6.26. The zero-order valence-corrected chi connectivity index (χ0v) is 18.6. The van der Waals surface area contributed by atoms with E-state index in [0.29, 0.717) is 11.6 Å². The first-order chi connectivity index (χ1) is 16.4. The summed E-state index contributed by atoms with van der Waals surface area (Å²) in [4.78, 5) is 4.72. The van der Waals surface area contributed by atoms with E-state index in [-0.39, 0.29) is 11.6 Å². The van der Waals surface area contributed by atoms with Crippen LogP contribution in [0.1, 0.15) is 35.2 Å². The summed E-state index contributed by atoms with van der Waals surface area (Å²) in [5.74, 6) is -0.289. The van der Waals surface area contributed by atoms with Crippen molar-refractivity contribution in [2.24, 2.45) is 7.05 Å². The van der Waals surface area contributed by atoms with Crippen LogP contribution in [0.5, 0.6) is 0 Å². The highest BCUT2D eigenvalue weighted by Gasteiger charge is 2.37. The number of halogens is 6. The number of aromatic nitrogens is 3. The number of rotatable bonds is 3. The number of benzene rings is 3. The van der Waals surface area contributed by atoms with Crippen molar-refractivity contribution in [2.75, 3.05) is 0 Å². The largest absolute Gasteiger partial charge is 0.416 e. The molecule has 0 bridgehead atoms. The van der Waals surface area contributed by atoms with Crippen LogP contribution in [-0.2, 0) is 19.4 Å². The zero-order chi connectivity index (χ0) is 25.1. The maximum atomic E-state index is 13.5. The van der Waals surface area contributed by atoms with Gasteiger partial charge in [-0.2, -0.15) is 26.3 Å². The molecule has 0 aliphatic rings. The molecule has 0 aliphatic carbocycles. The third-order valence-corrected chi connectivity index (χ3v) is 6.26. The molecule has 0 amide bonds. The fourth-order valence-corrected chi connectivity index (χ4v) is 4.45. The molecule has 3 aromatic carbocycles. The number of fused-ring (bicyclic) bond motifs is 2. The maximum absolute atomic E-state index is 13.5. The minimum atomic E-state index is -4.92. The van der Waals surface area contributed by atoms with Crippen molar-refractivity contribution in [3.63, 3.8) is 0 Å². The van der Waals surface area contributed by atoms with Gasteiger partial charge in [0.2, 0.25) is 5.95 Å². The second-order valence-corrected chi connectivity index (χ2v) is 8.48. The molecule has 35 heavy (non-hydrogen) atoms. The van der Waals surface area contributed by atoms with Crippen LogP contribution in [0.25, 0.3) is 27.9 Å². The Hall–Kier alpha value is -3.75. The summed E-state index contributed by atoms with van der Waals surface area (Å²) in [6, 6.07) is 18.3. The number of hydrogen-bond donors (Lipinski definition) is 0. The molecule has 0 aliphatic heterocycles. The van der Waals surface area contributed by atoms with E-state index in [0.717, 1.165) is 34.1 Å². The van der Waals surface area contributed by atoms with Crippen LogP contribution in [0.15, 0.2) is 72.8 Å². The Bertz CT molecular complexity index is 1520. The highest BCUT2D eigenvalue weighted by Crippen LogP contribution is 2.40. The molecule has 2 aromatic heterocycles. The van der Waals surface area contributed by atoms with Crippen LogP contribution in [0.2, 0.25) is 0 Å². The lowest BCUT2D eigenvalue weighted by atomic mass is 9.93. The van der Waals surface area contributed by atoms with Gasteiger partial charge in [0.05, 0.1) is 27.7 Å². The fraction of sp³-hybridized carbons (Fsp3) is 0.192. The van der Waals surface area contributed by atoms with Crippen LogP contribution in [0, 0.1) is 0 Å².